The van der Waals surface area contributed by atoms with Crippen molar-refractivity contribution in [1.82, 2.24) is 0 Å². The monoisotopic (exact) mass is 249 g/mol. The molecule has 0 radical (unpaired) electrons. The number of benzene rings is 1. The van der Waals surface area contributed by atoms with Gasteiger partial charge in [-0.2, -0.15) is 0 Å². The summed E-state index contributed by atoms with van der Waals surface area (Å²) in [5, 5.41) is 10.7. The van der Waals surface area contributed by atoms with E-state index in [0.717, 1.165) is 18.4 Å². The lowest BCUT2D eigenvalue weighted by molar-refractivity contribution is -0.0581. The molecule has 1 fully saturated rings. The van der Waals surface area contributed by atoms with E-state index < -0.39 is 6.10 Å². The maximum absolute atomic E-state index is 10.7. The van der Waals surface area contributed by atoms with Crippen molar-refractivity contribution in [1.29, 1.82) is 0 Å². The minimum Gasteiger partial charge on any atom is -0.388 e. The highest BCUT2D eigenvalue weighted by atomic mass is 16.5. The van der Waals surface area contributed by atoms with Gasteiger partial charge in [-0.25, -0.2) is 0 Å². The van der Waals surface area contributed by atoms with Crippen molar-refractivity contribution in [2.75, 3.05) is 19.8 Å². The van der Waals surface area contributed by atoms with Crippen molar-refractivity contribution >= 4 is 0 Å². The Morgan fingerprint density at radius 1 is 1.22 bits per heavy atom. The van der Waals surface area contributed by atoms with Crippen LogP contribution in [-0.4, -0.2) is 24.9 Å². The molecule has 0 aliphatic carbocycles. The second kappa shape index (κ2) is 5.39. The highest BCUT2D eigenvalue weighted by molar-refractivity contribution is 5.31. The van der Waals surface area contributed by atoms with E-state index in [-0.39, 0.29) is 5.41 Å². The molecular weight excluding hydrogens is 226 g/mol. The summed E-state index contributed by atoms with van der Waals surface area (Å²) in [6.45, 7) is 6.01. The number of rotatable bonds is 3. The average Bonchev–Trinajstić information content (AvgIpc) is 2.37. The summed E-state index contributed by atoms with van der Waals surface area (Å²) >= 11 is 0. The van der Waals surface area contributed by atoms with Crippen LogP contribution in [0.5, 0.6) is 0 Å². The number of ether oxygens (including phenoxy) is 1. The molecule has 0 amide bonds. The zero-order valence-electron chi connectivity index (χ0n) is 11.3. The van der Waals surface area contributed by atoms with Gasteiger partial charge in [-0.1, -0.05) is 29.3 Å². The molecule has 0 saturated carbocycles. The van der Waals surface area contributed by atoms with Crippen molar-refractivity contribution < 1.29 is 9.84 Å². The first-order chi connectivity index (χ1) is 8.57. The molecule has 0 spiro atoms. The zero-order chi connectivity index (χ0) is 13.2. The molecule has 0 bridgehead atoms. The lowest BCUT2D eigenvalue weighted by atomic mass is 9.72. The molecule has 3 nitrogen and oxygen atoms in total. The summed E-state index contributed by atoms with van der Waals surface area (Å²) in [5.41, 5.74) is 9.07. The molecule has 1 aromatic carbocycles. The number of aliphatic hydroxyl groups excluding tert-OH is 1. The molecule has 1 heterocycles. The van der Waals surface area contributed by atoms with E-state index >= 15 is 0 Å². The second-order valence-corrected chi connectivity index (χ2v) is 5.50. The van der Waals surface area contributed by atoms with E-state index in [4.69, 9.17) is 10.5 Å². The van der Waals surface area contributed by atoms with E-state index in [0.29, 0.717) is 19.8 Å². The fourth-order valence-electron chi connectivity index (χ4n) is 2.89. The summed E-state index contributed by atoms with van der Waals surface area (Å²) in [4.78, 5) is 0. The normalized spacial score (nSPS) is 20.7. The number of nitrogens with two attached hydrogens (primary N) is 1. The van der Waals surface area contributed by atoms with Crippen molar-refractivity contribution in [3.63, 3.8) is 0 Å². The minimum atomic E-state index is -0.495. The van der Waals surface area contributed by atoms with Gasteiger partial charge in [0.1, 0.15) is 0 Å². The van der Waals surface area contributed by atoms with Crippen molar-refractivity contribution in [2.45, 2.75) is 32.8 Å². The molecule has 0 aromatic heterocycles. The topological polar surface area (TPSA) is 55.5 Å². The SMILES string of the molecule is Cc1cc(C)cc(C(O)C2(CN)CCOCC2)c1. The fraction of sp³-hybridized carbons (Fsp3) is 0.600. The Bertz CT molecular complexity index is 391. The second-order valence-electron chi connectivity index (χ2n) is 5.50. The van der Waals surface area contributed by atoms with Gasteiger partial charge in [0.2, 0.25) is 0 Å². The van der Waals surface area contributed by atoms with E-state index in [1.54, 1.807) is 0 Å². The minimum absolute atomic E-state index is 0.224. The lowest BCUT2D eigenvalue weighted by Crippen LogP contribution is -2.41. The Balaban J connectivity index is 2.30. The number of hydrogen-bond donors (Lipinski definition) is 2. The van der Waals surface area contributed by atoms with Crippen LogP contribution in [0, 0.1) is 19.3 Å². The van der Waals surface area contributed by atoms with Crippen molar-refractivity contribution in [2.24, 2.45) is 11.1 Å². The fourth-order valence-corrected chi connectivity index (χ4v) is 2.89. The van der Waals surface area contributed by atoms with Gasteiger partial charge in [-0.05, 0) is 32.3 Å². The molecule has 3 heteroatoms. The van der Waals surface area contributed by atoms with Crippen LogP contribution in [0.4, 0.5) is 0 Å². The third-order valence-electron chi connectivity index (χ3n) is 4.03. The summed E-state index contributed by atoms with van der Waals surface area (Å²) in [5.74, 6) is 0. The maximum Gasteiger partial charge on any atom is 0.0860 e. The first-order valence-corrected chi connectivity index (χ1v) is 6.61. The van der Waals surface area contributed by atoms with E-state index in [1.807, 2.05) is 0 Å². The smallest absolute Gasteiger partial charge is 0.0860 e. The van der Waals surface area contributed by atoms with Crippen LogP contribution in [0.1, 0.15) is 35.6 Å². The summed E-state index contributed by atoms with van der Waals surface area (Å²) in [6.07, 6.45) is 1.17. The number of aliphatic hydroxyl groups is 1. The molecular formula is C15H23NO2. The predicted octanol–water partition coefficient (Wildman–Crippen LogP) is 2.09. The Morgan fingerprint density at radius 3 is 2.28 bits per heavy atom. The summed E-state index contributed by atoms with van der Waals surface area (Å²) in [6, 6.07) is 6.24. The molecule has 18 heavy (non-hydrogen) atoms. The van der Waals surface area contributed by atoms with Crippen LogP contribution in [0.3, 0.4) is 0 Å². The predicted molar refractivity (Wildman–Crippen MR) is 72.4 cm³/mol. The highest BCUT2D eigenvalue weighted by Crippen LogP contribution is 2.41. The summed E-state index contributed by atoms with van der Waals surface area (Å²) in [7, 11) is 0. The van der Waals surface area contributed by atoms with Gasteiger partial charge in [-0.15, -0.1) is 0 Å². The van der Waals surface area contributed by atoms with E-state index in [1.165, 1.54) is 11.1 Å². The van der Waals surface area contributed by atoms with Crippen LogP contribution in [0.15, 0.2) is 18.2 Å². The molecule has 1 atom stereocenters. The van der Waals surface area contributed by atoms with Gasteiger partial charge < -0.3 is 15.6 Å². The van der Waals surface area contributed by atoms with Crippen LogP contribution < -0.4 is 5.73 Å². The summed E-state index contributed by atoms with van der Waals surface area (Å²) < 4.78 is 5.39. The van der Waals surface area contributed by atoms with Gasteiger partial charge in [0.15, 0.2) is 0 Å². The Hall–Kier alpha value is -0.900. The highest BCUT2D eigenvalue weighted by Gasteiger charge is 2.39. The van der Waals surface area contributed by atoms with E-state index in [2.05, 4.69) is 32.0 Å². The first-order valence-electron chi connectivity index (χ1n) is 6.61. The lowest BCUT2D eigenvalue weighted by Gasteiger charge is -2.40. The third-order valence-corrected chi connectivity index (χ3v) is 4.03. The quantitative estimate of drug-likeness (QED) is 0.862. The molecule has 100 valence electrons. The van der Waals surface area contributed by atoms with Crippen LogP contribution >= 0.6 is 0 Å². The van der Waals surface area contributed by atoms with Crippen LogP contribution in [0.2, 0.25) is 0 Å². The molecule has 1 aromatic rings. The third kappa shape index (κ3) is 2.58. The Morgan fingerprint density at radius 2 is 1.78 bits per heavy atom. The van der Waals surface area contributed by atoms with Crippen molar-refractivity contribution in [3.8, 4) is 0 Å². The van der Waals surface area contributed by atoms with Crippen LogP contribution in [-0.2, 0) is 4.74 Å². The molecule has 3 N–H and O–H groups in total. The van der Waals surface area contributed by atoms with Gasteiger partial charge >= 0.3 is 0 Å². The number of aryl methyl sites for hydroxylation is 2. The zero-order valence-corrected chi connectivity index (χ0v) is 11.3. The molecule has 1 unspecified atom stereocenters. The van der Waals surface area contributed by atoms with E-state index in [9.17, 15) is 5.11 Å². The van der Waals surface area contributed by atoms with Crippen LogP contribution in [0.25, 0.3) is 0 Å². The standard InChI is InChI=1S/C15H23NO2/c1-11-7-12(2)9-13(8-11)14(17)15(10-16)3-5-18-6-4-15/h7-9,14,17H,3-6,10,16H2,1-2H3. The Labute approximate surface area is 109 Å². The molecule has 1 aliphatic rings. The maximum atomic E-state index is 10.7. The Kier molecular flexibility index (Phi) is 4.05. The molecule has 1 saturated heterocycles. The average molecular weight is 249 g/mol. The first kappa shape index (κ1) is 13.5. The van der Waals surface area contributed by atoms with Gasteiger partial charge in [0, 0.05) is 25.2 Å². The van der Waals surface area contributed by atoms with Crippen molar-refractivity contribution in [3.05, 3.63) is 34.9 Å². The van der Waals surface area contributed by atoms with Gasteiger partial charge in [0.05, 0.1) is 6.10 Å². The molecule has 1 aliphatic heterocycles. The van der Waals surface area contributed by atoms with Gasteiger partial charge in [-0.3, -0.25) is 0 Å². The number of hydrogen-bond acceptors (Lipinski definition) is 3. The van der Waals surface area contributed by atoms with Gasteiger partial charge in [0.25, 0.3) is 0 Å². The largest absolute Gasteiger partial charge is 0.388 e. The molecule has 2 rings (SSSR count).